The van der Waals surface area contributed by atoms with Gasteiger partial charge in [0, 0.05) is 18.8 Å². The fourth-order valence-corrected chi connectivity index (χ4v) is 2.88. The summed E-state index contributed by atoms with van der Waals surface area (Å²) < 4.78 is 0. The van der Waals surface area contributed by atoms with Gasteiger partial charge < -0.3 is 4.90 Å². The van der Waals surface area contributed by atoms with Gasteiger partial charge in [-0.25, -0.2) is 4.98 Å². The van der Waals surface area contributed by atoms with E-state index in [1.165, 1.54) is 36.9 Å². The lowest BCUT2D eigenvalue weighted by Gasteiger charge is -2.22. The fraction of sp³-hybridized carbons (Fsp3) is 0.571. The van der Waals surface area contributed by atoms with E-state index in [9.17, 15) is 5.26 Å². The molecular formula is C14H17N3. The normalized spacial score (nSPS) is 18.9. The molecule has 1 aliphatic heterocycles. The summed E-state index contributed by atoms with van der Waals surface area (Å²) in [6.45, 7) is 2.11. The molecule has 2 aliphatic rings. The number of nitrogens with zero attached hydrogens (tertiary/aromatic N) is 3. The Morgan fingerprint density at radius 1 is 1.12 bits per heavy atom. The Balaban J connectivity index is 2.04. The first-order valence-corrected chi connectivity index (χ1v) is 6.56. The monoisotopic (exact) mass is 227 g/mol. The lowest BCUT2D eigenvalue weighted by Crippen LogP contribution is -2.22. The van der Waals surface area contributed by atoms with E-state index in [0.29, 0.717) is 0 Å². The summed E-state index contributed by atoms with van der Waals surface area (Å²) in [4.78, 5) is 7.04. The van der Waals surface area contributed by atoms with Crippen LogP contribution in [0.1, 0.15) is 42.5 Å². The molecule has 0 saturated carbocycles. The van der Waals surface area contributed by atoms with Crippen molar-refractivity contribution in [2.75, 3.05) is 18.0 Å². The molecule has 0 atom stereocenters. The number of rotatable bonds is 1. The standard InChI is InChI=1S/C14H17N3/c15-10-12-9-11-5-1-2-6-13(11)16-14(12)17-7-3-4-8-17/h9H,1-8H2. The molecule has 3 nitrogen and oxygen atoms in total. The summed E-state index contributed by atoms with van der Waals surface area (Å²) >= 11 is 0. The largest absolute Gasteiger partial charge is 0.356 e. The number of aromatic nitrogens is 1. The smallest absolute Gasteiger partial charge is 0.146 e. The lowest BCUT2D eigenvalue weighted by atomic mass is 9.95. The van der Waals surface area contributed by atoms with Gasteiger partial charge in [-0.05, 0) is 50.2 Å². The van der Waals surface area contributed by atoms with Crippen LogP contribution in [0.25, 0.3) is 0 Å². The highest BCUT2D eigenvalue weighted by Crippen LogP contribution is 2.28. The van der Waals surface area contributed by atoms with Crippen molar-refractivity contribution in [1.82, 2.24) is 4.98 Å². The minimum absolute atomic E-state index is 0.771. The van der Waals surface area contributed by atoms with Gasteiger partial charge in [-0.1, -0.05) is 0 Å². The molecule has 17 heavy (non-hydrogen) atoms. The van der Waals surface area contributed by atoms with Crippen molar-refractivity contribution in [3.05, 3.63) is 22.9 Å². The second-order valence-corrected chi connectivity index (χ2v) is 4.98. The third-order valence-corrected chi connectivity index (χ3v) is 3.81. The second kappa shape index (κ2) is 4.37. The van der Waals surface area contributed by atoms with Crippen LogP contribution < -0.4 is 4.90 Å². The third-order valence-electron chi connectivity index (χ3n) is 3.81. The molecule has 0 spiro atoms. The Labute approximate surface area is 102 Å². The van der Waals surface area contributed by atoms with Crippen molar-refractivity contribution in [2.45, 2.75) is 38.5 Å². The molecule has 0 amide bonds. The maximum atomic E-state index is 9.26. The molecule has 0 radical (unpaired) electrons. The predicted octanol–water partition coefficient (Wildman–Crippen LogP) is 2.43. The van der Waals surface area contributed by atoms with Gasteiger partial charge in [0.05, 0.1) is 5.56 Å². The van der Waals surface area contributed by atoms with Crippen molar-refractivity contribution >= 4 is 5.82 Å². The number of hydrogen-bond donors (Lipinski definition) is 0. The molecule has 1 fully saturated rings. The molecule has 3 heteroatoms. The van der Waals surface area contributed by atoms with Gasteiger partial charge in [0.25, 0.3) is 0 Å². The van der Waals surface area contributed by atoms with E-state index in [4.69, 9.17) is 4.98 Å². The van der Waals surface area contributed by atoms with Crippen LogP contribution in [0, 0.1) is 11.3 Å². The Morgan fingerprint density at radius 3 is 2.65 bits per heavy atom. The van der Waals surface area contributed by atoms with Crippen LogP contribution in [0.15, 0.2) is 6.07 Å². The molecule has 0 unspecified atom stereocenters. The lowest BCUT2D eigenvalue weighted by molar-refractivity contribution is 0.666. The van der Waals surface area contributed by atoms with E-state index in [2.05, 4.69) is 17.0 Å². The zero-order valence-electron chi connectivity index (χ0n) is 10.1. The minimum Gasteiger partial charge on any atom is -0.356 e. The first kappa shape index (κ1) is 10.6. The van der Waals surface area contributed by atoms with E-state index >= 15 is 0 Å². The van der Waals surface area contributed by atoms with Crippen molar-refractivity contribution in [2.24, 2.45) is 0 Å². The molecule has 2 heterocycles. The number of nitriles is 1. The quantitative estimate of drug-likeness (QED) is 0.739. The summed E-state index contributed by atoms with van der Waals surface area (Å²) in [5, 5.41) is 9.26. The maximum Gasteiger partial charge on any atom is 0.146 e. The molecule has 0 N–H and O–H groups in total. The molecule has 3 rings (SSSR count). The van der Waals surface area contributed by atoms with Gasteiger partial charge in [0.2, 0.25) is 0 Å². The minimum atomic E-state index is 0.771. The topological polar surface area (TPSA) is 39.9 Å². The average molecular weight is 227 g/mol. The molecule has 88 valence electrons. The maximum absolute atomic E-state index is 9.26. The van der Waals surface area contributed by atoms with Crippen LogP contribution in [0.4, 0.5) is 5.82 Å². The Morgan fingerprint density at radius 2 is 1.88 bits per heavy atom. The van der Waals surface area contributed by atoms with Crippen LogP contribution in [0.2, 0.25) is 0 Å². The number of hydrogen-bond acceptors (Lipinski definition) is 3. The molecule has 1 aromatic heterocycles. The highest BCUT2D eigenvalue weighted by Gasteiger charge is 2.20. The molecule has 1 aliphatic carbocycles. The number of aryl methyl sites for hydroxylation is 2. The van der Waals surface area contributed by atoms with Crippen LogP contribution in [-0.4, -0.2) is 18.1 Å². The Hall–Kier alpha value is -1.56. The Kier molecular flexibility index (Phi) is 2.72. The van der Waals surface area contributed by atoms with Crippen molar-refractivity contribution in [3.63, 3.8) is 0 Å². The van der Waals surface area contributed by atoms with Gasteiger partial charge in [0.15, 0.2) is 0 Å². The van der Waals surface area contributed by atoms with Gasteiger partial charge in [0.1, 0.15) is 11.9 Å². The number of fused-ring (bicyclic) bond motifs is 1. The van der Waals surface area contributed by atoms with Gasteiger partial charge in [-0.3, -0.25) is 0 Å². The average Bonchev–Trinajstić information content (AvgIpc) is 2.91. The van der Waals surface area contributed by atoms with Gasteiger partial charge in [-0.15, -0.1) is 0 Å². The summed E-state index contributed by atoms with van der Waals surface area (Å²) in [6, 6.07) is 4.40. The van der Waals surface area contributed by atoms with Gasteiger partial charge in [-0.2, -0.15) is 5.26 Å². The first-order valence-electron chi connectivity index (χ1n) is 6.56. The second-order valence-electron chi connectivity index (χ2n) is 4.98. The molecule has 1 saturated heterocycles. The summed E-state index contributed by atoms with van der Waals surface area (Å²) in [5.74, 6) is 0.936. The molecule has 0 bridgehead atoms. The molecule has 0 aromatic carbocycles. The molecular weight excluding hydrogens is 210 g/mol. The summed E-state index contributed by atoms with van der Waals surface area (Å²) in [6.07, 6.45) is 7.11. The third kappa shape index (κ3) is 1.88. The van der Waals surface area contributed by atoms with E-state index < -0.39 is 0 Å². The van der Waals surface area contributed by atoms with E-state index in [0.717, 1.165) is 37.3 Å². The van der Waals surface area contributed by atoms with Crippen molar-refractivity contribution in [1.29, 1.82) is 5.26 Å². The zero-order valence-corrected chi connectivity index (χ0v) is 10.1. The zero-order chi connectivity index (χ0) is 11.7. The van der Waals surface area contributed by atoms with E-state index in [1.54, 1.807) is 0 Å². The van der Waals surface area contributed by atoms with Crippen LogP contribution in [-0.2, 0) is 12.8 Å². The predicted molar refractivity (Wildman–Crippen MR) is 67.0 cm³/mol. The number of anilines is 1. The highest BCUT2D eigenvalue weighted by atomic mass is 15.2. The van der Waals surface area contributed by atoms with Crippen molar-refractivity contribution < 1.29 is 0 Å². The Bertz CT molecular complexity index is 467. The van der Waals surface area contributed by atoms with E-state index in [-0.39, 0.29) is 0 Å². The van der Waals surface area contributed by atoms with Crippen molar-refractivity contribution in [3.8, 4) is 6.07 Å². The SMILES string of the molecule is N#Cc1cc2c(nc1N1CCCC1)CCCC2. The van der Waals surface area contributed by atoms with Crippen LogP contribution >= 0.6 is 0 Å². The van der Waals surface area contributed by atoms with Crippen LogP contribution in [0.3, 0.4) is 0 Å². The fourth-order valence-electron chi connectivity index (χ4n) is 2.88. The summed E-state index contributed by atoms with van der Waals surface area (Å²) in [7, 11) is 0. The summed E-state index contributed by atoms with van der Waals surface area (Å²) in [5.41, 5.74) is 3.31. The highest BCUT2D eigenvalue weighted by molar-refractivity contribution is 5.56. The van der Waals surface area contributed by atoms with E-state index in [1.807, 2.05) is 0 Å². The first-order chi connectivity index (χ1) is 8.38. The van der Waals surface area contributed by atoms with Crippen LogP contribution in [0.5, 0.6) is 0 Å². The number of pyridine rings is 1. The molecule has 1 aromatic rings. The van der Waals surface area contributed by atoms with Gasteiger partial charge >= 0.3 is 0 Å².